The van der Waals surface area contributed by atoms with E-state index in [2.05, 4.69) is 42.8 Å². The van der Waals surface area contributed by atoms with Gasteiger partial charge in [0.05, 0.1) is 0 Å². The zero-order chi connectivity index (χ0) is 13.4. The van der Waals surface area contributed by atoms with Crippen LogP contribution in [-0.4, -0.2) is 61.2 Å². The molecule has 1 rings (SSSR count). The number of nitrogens with zero attached hydrogens (tertiary/aromatic N) is 2. The molecule has 0 amide bonds. The van der Waals surface area contributed by atoms with Gasteiger partial charge in [0.25, 0.3) is 0 Å². The second-order valence-corrected chi connectivity index (χ2v) is 5.72. The van der Waals surface area contributed by atoms with E-state index in [0.717, 1.165) is 18.6 Å². The molecule has 0 aromatic carbocycles. The Morgan fingerprint density at radius 2 is 1.44 bits per heavy atom. The van der Waals surface area contributed by atoms with Crippen molar-refractivity contribution in [1.82, 2.24) is 15.1 Å². The second-order valence-electron chi connectivity index (χ2n) is 5.72. The van der Waals surface area contributed by atoms with Crippen LogP contribution in [0, 0.1) is 0 Å². The predicted molar refractivity (Wildman–Crippen MR) is 80.1 cm³/mol. The van der Waals surface area contributed by atoms with Crippen LogP contribution in [0.3, 0.4) is 0 Å². The van der Waals surface area contributed by atoms with Crippen LogP contribution >= 0.6 is 0 Å². The maximum atomic E-state index is 3.50. The molecule has 18 heavy (non-hydrogen) atoms. The van der Waals surface area contributed by atoms with E-state index in [-0.39, 0.29) is 0 Å². The summed E-state index contributed by atoms with van der Waals surface area (Å²) in [4.78, 5) is 5.30. The standard InChI is InChI=1S/C15H33N3/c1-5-8-16-9-7-15(4)18-12-10-17(11-13-18)14(3)6-2/h14-16H,5-13H2,1-4H3. The Morgan fingerprint density at radius 1 is 0.889 bits per heavy atom. The lowest BCUT2D eigenvalue weighted by molar-refractivity contribution is 0.0749. The lowest BCUT2D eigenvalue weighted by Crippen LogP contribution is -2.52. The lowest BCUT2D eigenvalue weighted by atomic mass is 10.1. The topological polar surface area (TPSA) is 18.5 Å². The van der Waals surface area contributed by atoms with Crippen LogP contribution in [0.1, 0.15) is 47.0 Å². The van der Waals surface area contributed by atoms with Crippen molar-refractivity contribution < 1.29 is 0 Å². The molecule has 0 aromatic rings. The Bertz CT molecular complexity index is 200. The molecule has 0 aromatic heterocycles. The molecule has 2 atom stereocenters. The molecular weight excluding hydrogens is 222 g/mol. The zero-order valence-corrected chi connectivity index (χ0v) is 12.9. The number of rotatable bonds is 8. The zero-order valence-electron chi connectivity index (χ0n) is 12.9. The van der Waals surface area contributed by atoms with Crippen molar-refractivity contribution in [2.24, 2.45) is 0 Å². The molecule has 0 spiro atoms. The van der Waals surface area contributed by atoms with Gasteiger partial charge in [-0.2, -0.15) is 0 Å². The minimum atomic E-state index is 0.730. The summed E-state index contributed by atoms with van der Waals surface area (Å²) < 4.78 is 0. The second kappa shape index (κ2) is 8.89. The van der Waals surface area contributed by atoms with Crippen LogP contribution in [0.4, 0.5) is 0 Å². The number of piperazine rings is 1. The van der Waals surface area contributed by atoms with E-state index < -0.39 is 0 Å². The van der Waals surface area contributed by atoms with Crippen molar-refractivity contribution in [3.8, 4) is 0 Å². The summed E-state index contributed by atoms with van der Waals surface area (Å²) >= 11 is 0. The highest BCUT2D eigenvalue weighted by atomic mass is 15.3. The molecular formula is C15H33N3. The molecule has 3 heteroatoms. The van der Waals surface area contributed by atoms with Gasteiger partial charge in [0.1, 0.15) is 0 Å². The summed E-state index contributed by atoms with van der Waals surface area (Å²) in [5, 5.41) is 3.50. The first kappa shape index (κ1) is 15.9. The van der Waals surface area contributed by atoms with Gasteiger partial charge in [0.2, 0.25) is 0 Å². The fraction of sp³-hybridized carbons (Fsp3) is 1.00. The van der Waals surface area contributed by atoms with Gasteiger partial charge in [-0.1, -0.05) is 13.8 Å². The van der Waals surface area contributed by atoms with Gasteiger partial charge in [-0.05, 0) is 46.2 Å². The predicted octanol–water partition coefficient (Wildman–Crippen LogP) is 2.18. The van der Waals surface area contributed by atoms with Crippen molar-refractivity contribution in [3.63, 3.8) is 0 Å². The van der Waals surface area contributed by atoms with Gasteiger partial charge in [-0.25, -0.2) is 0 Å². The Hall–Kier alpha value is -0.120. The lowest BCUT2D eigenvalue weighted by Gasteiger charge is -2.40. The fourth-order valence-electron chi connectivity index (χ4n) is 2.67. The van der Waals surface area contributed by atoms with E-state index in [4.69, 9.17) is 0 Å². The summed E-state index contributed by atoms with van der Waals surface area (Å²) in [7, 11) is 0. The minimum Gasteiger partial charge on any atom is -0.317 e. The highest BCUT2D eigenvalue weighted by Gasteiger charge is 2.22. The summed E-state index contributed by atoms with van der Waals surface area (Å²) in [6.45, 7) is 16.6. The number of hydrogen-bond donors (Lipinski definition) is 1. The summed E-state index contributed by atoms with van der Waals surface area (Å²) in [6.07, 6.45) is 3.79. The SMILES string of the molecule is CCCNCCC(C)N1CCN(C(C)CC)CC1. The van der Waals surface area contributed by atoms with Crippen molar-refractivity contribution >= 4 is 0 Å². The van der Waals surface area contributed by atoms with Crippen molar-refractivity contribution in [1.29, 1.82) is 0 Å². The van der Waals surface area contributed by atoms with Gasteiger partial charge < -0.3 is 5.32 Å². The molecule has 1 aliphatic rings. The monoisotopic (exact) mass is 255 g/mol. The molecule has 0 saturated carbocycles. The molecule has 1 saturated heterocycles. The molecule has 0 radical (unpaired) electrons. The fourth-order valence-corrected chi connectivity index (χ4v) is 2.67. The van der Waals surface area contributed by atoms with Gasteiger partial charge in [0.15, 0.2) is 0 Å². The Labute approximate surface area is 114 Å². The Morgan fingerprint density at radius 3 is 1.94 bits per heavy atom. The highest BCUT2D eigenvalue weighted by Crippen LogP contribution is 2.12. The molecule has 1 fully saturated rings. The molecule has 0 bridgehead atoms. The van der Waals surface area contributed by atoms with E-state index in [1.54, 1.807) is 0 Å². The molecule has 1 aliphatic heterocycles. The molecule has 108 valence electrons. The summed E-state index contributed by atoms with van der Waals surface area (Å²) in [6, 6.07) is 1.49. The van der Waals surface area contributed by atoms with Gasteiger partial charge >= 0.3 is 0 Å². The van der Waals surface area contributed by atoms with E-state index in [0.29, 0.717) is 0 Å². The molecule has 1 heterocycles. The Kier molecular flexibility index (Phi) is 7.87. The third-order valence-corrected chi connectivity index (χ3v) is 4.35. The smallest absolute Gasteiger partial charge is 0.0113 e. The van der Waals surface area contributed by atoms with Gasteiger partial charge in [-0.15, -0.1) is 0 Å². The third kappa shape index (κ3) is 5.25. The highest BCUT2D eigenvalue weighted by molar-refractivity contribution is 4.79. The van der Waals surface area contributed by atoms with Crippen LogP contribution in [0.5, 0.6) is 0 Å². The maximum absolute atomic E-state index is 3.50. The van der Waals surface area contributed by atoms with Crippen LogP contribution in [-0.2, 0) is 0 Å². The van der Waals surface area contributed by atoms with E-state index in [1.807, 2.05) is 0 Å². The van der Waals surface area contributed by atoms with Crippen molar-refractivity contribution in [2.75, 3.05) is 39.3 Å². The average Bonchev–Trinajstić information content (AvgIpc) is 2.42. The molecule has 1 N–H and O–H groups in total. The van der Waals surface area contributed by atoms with Crippen molar-refractivity contribution in [3.05, 3.63) is 0 Å². The van der Waals surface area contributed by atoms with Crippen LogP contribution in [0.15, 0.2) is 0 Å². The Balaban J connectivity index is 2.17. The molecule has 0 aliphatic carbocycles. The normalized spacial score (nSPS) is 22.0. The van der Waals surface area contributed by atoms with E-state index in [9.17, 15) is 0 Å². The third-order valence-electron chi connectivity index (χ3n) is 4.35. The molecule has 3 nitrogen and oxygen atoms in total. The number of nitrogens with one attached hydrogen (secondary N) is 1. The quantitative estimate of drug-likeness (QED) is 0.671. The van der Waals surface area contributed by atoms with Crippen LogP contribution in [0.25, 0.3) is 0 Å². The van der Waals surface area contributed by atoms with E-state index >= 15 is 0 Å². The number of hydrogen-bond acceptors (Lipinski definition) is 3. The van der Waals surface area contributed by atoms with Gasteiger partial charge in [0, 0.05) is 38.3 Å². The largest absolute Gasteiger partial charge is 0.317 e. The average molecular weight is 255 g/mol. The first-order chi connectivity index (χ1) is 8.69. The first-order valence-corrected chi connectivity index (χ1v) is 7.87. The maximum Gasteiger partial charge on any atom is 0.0113 e. The van der Waals surface area contributed by atoms with Crippen molar-refractivity contribution in [2.45, 2.75) is 59.0 Å². The summed E-state index contributed by atoms with van der Waals surface area (Å²) in [5.74, 6) is 0. The first-order valence-electron chi connectivity index (χ1n) is 7.87. The minimum absolute atomic E-state index is 0.730. The van der Waals surface area contributed by atoms with E-state index in [1.165, 1.54) is 52.0 Å². The van der Waals surface area contributed by atoms with Gasteiger partial charge in [-0.3, -0.25) is 9.80 Å². The molecule has 2 unspecified atom stereocenters. The van der Waals surface area contributed by atoms with Crippen LogP contribution in [0.2, 0.25) is 0 Å². The van der Waals surface area contributed by atoms with Crippen LogP contribution < -0.4 is 5.32 Å². The summed E-state index contributed by atoms with van der Waals surface area (Å²) in [5.41, 5.74) is 0.